The van der Waals surface area contributed by atoms with Gasteiger partial charge in [0.25, 0.3) is 0 Å². The first kappa shape index (κ1) is 40.1. The molecule has 9 N–H and O–H groups in total. The maximum atomic E-state index is 12.8. The van der Waals surface area contributed by atoms with Crippen molar-refractivity contribution in [2.24, 2.45) is 11.3 Å². The van der Waals surface area contributed by atoms with Crippen molar-refractivity contribution in [3.63, 3.8) is 0 Å². The zero-order chi connectivity index (χ0) is 39.3. The number of ether oxygens (including phenoxy) is 4. The first-order valence-electron chi connectivity index (χ1n) is 19.0. The van der Waals surface area contributed by atoms with E-state index < -0.39 is 41.7 Å². The number of phenolic OH excluding ortho intramolecular Hbond substituents is 2. The molecule has 2 aromatic carbocycles. The number of aromatic nitrogens is 1. The molecule has 3 aromatic rings. The number of nitrogens with two attached hydrogens (primary N) is 1. The Morgan fingerprint density at radius 2 is 1.89 bits per heavy atom. The number of allylic oxidation sites excluding steroid dienone is 1. The number of aliphatic hydroxyl groups is 2. The van der Waals surface area contributed by atoms with Crippen LogP contribution in [0.1, 0.15) is 74.7 Å². The zero-order valence-electron chi connectivity index (χ0n) is 31.6. The van der Waals surface area contributed by atoms with Gasteiger partial charge in [0.05, 0.1) is 37.4 Å². The van der Waals surface area contributed by atoms with Gasteiger partial charge in [-0.2, -0.15) is 0 Å². The number of benzene rings is 2. The lowest BCUT2D eigenvalue weighted by Gasteiger charge is -2.50. The Kier molecular flexibility index (Phi) is 12.7. The third-order valence-corrected chi connectivity index (χ3v) is 11.2. The van der Waals surface area contributed by atoms with Gasteiger partial charge >= 0.3 is 5.97 Å². The predicted octanol–water partition coefficient (Wildman–Crippen LogP) is 4.16. The summed E-state index contributed by atoms with van der Waals surface area (Å²) < 4.78 is 24.2. The van der Waals surface area contributed by atoms with Crippen molar-refractivity contribution in [2.45, 2.75) is 94.8 Å². The van der Waals surface area contributed by atoms with Gasteiger partial charge in [0.1, 0.15) is 19.2 Å². The van der Waals surface area contributed by atoms with Crippen LogP contribution < -0.4 is 30.6 Å². The number of anilines is 1. The van der Waals surface area contributed by atoms with Crippen LogP contribution >= 0.6 is 0 Å². The van der Waals surface area contributed by atoms with Gasteiger partial charge in [-0.3, -0.25) is 10.1 Å². The highest BCUT2D eigenvalue weighted by Crippen LogP contribution is 2.56. The van der Waals surface area contributed by atoms with Crippen molar-refractivity contribution in [3.05, 3.63) is 77.5 Å². The second-order valence-corrected chi connectivity index (χ2v) is 15.1. The molecule has 6 rings (SSSR count). The molecule has 0 saturated carbocycles. The summed E-state index contributed by atoms with van der Waals surface area (Å²) in [6.45, 7) is 4.27. The summed E-state index contributed by atoms with van der Waals surface area (Å²) in [5, 5.41) is 59.0. The average Bonchev–Trinajstić information content (AvgIpc) is 3.54. The Labute approximate surface area is 321 Å². The molecule has 3 aliphatic rings. The van der Waals surface area contributed by atoms with E-state index in [4.69, 9.17) is 24.7 Å². The van der Waals surface area contributed by atoms with Crippen molar-refractivity contribution in [1.29, 1.82) is 0 Å². The number of rotatable bonds is 15. The van der Waals surface area contributed by atoms with Crippen LogP contribution in [0.4, 0.5) is 5.82 Å². The van der Waals surface area contributed by atoms with Gasteiger partial charge in [0.15, 0.2) is 23.0 Å². The topological polar surface area (TPSA) is 218 Å². The summed E-state index contributed by atoms with van der Waals surface area (Å²) in [7, 11) is 1.45. The van der Waals surface area contributed by atoms with Crippen LogP contribution in [0.15, 0.2) is 60.8 Å². The number of aromatic hydroxyl groups is 2. The summed E-state index contributed by atoms with van der Waals surface area (Å²) >= 11 is 0. The smallest absolute Gasteiger partial charge is 0.311 e. The number of nitrogens with one attached hydrogen (secondary N) is 2. The minimum atomic E-state index is -0.920. The molecule has 2 fully saturated rings. The molecule has 0 amide bonds. The van der Waals surface area contributed by atoms with E-state index in [2.05, 4.69) is 22.5 Å². The monoisotopic (exact) mass is 762 g/mol. The fraction of sp³-hybridized carbons (Fsp3) is 0.512. The van der Waals surface area contributed by atoms with Crippen molar-refractivity contribution in [3.8, 4) is 28.7 Å². The molecule has 14 nitrogen and oxygen atoms in total. The van der Waals surface area contributed by atoms with E-state index in [0.29, 0.717) is 55.8 Å². The number of carboxylic acids is 1. The summed E-state index contributed by atoms with van der Waals surface area (Å²) in [6, 6.07) is 11.9. The Balaban J connectivity index is 1.18. The summed E-state index contributed by atoms with van der Waals surface area (Å²) in [4.78, 5) is 16.9. The van der Waals surface area contributed by atoms with E-state index >= 15 is 0 Å². The number of hydrogen-bond donors (Lipinski definition) is 8. The average molecular weight is 763 g/mol. The normalized spacial score (nSPS) is 28.2. The number of nitrogen functional groups attached to an aromatic ring is 1. The van der Waals surface area contributed by atoms with E-state index in [-0.39, 0.29) is 54.4 Å². The van der Waals surface area contributed by atoms with Gasteiger partial charge in [-0.25, -0.2) is 4.98 Å². The minimum Gasteiger partial charge on any atom is -0.504 e. The molecule has 298 valence electrons. The quantitative estimate of drug-likeness (QED) is 0.0620. The summed E-state index contributed by atoms with van der Waals surface area (Å²) in [5.41, 5.74) is 7.75. The summed E-state index contributed by atoms with van der Waals surface area (Å²) in [5.74, 6) is -1.14. The minimum absolute atomic E-state index is 0.00982. The molecule has 55 heavy (non-hydrogen) atoms. The van der Waals surface area contributed by atoms with Crippen LogP contribution in [0.2, 0.25) is 0 Å². The number of carboxylic acid groups (broad SMARTS) is 1. The first-order valence-corrected chi connectivity index (χ1v) is 19.0. The summed E-state index contributed by atoms with van der Waals surface area (Å²) in [6.07, 6.45) is 6.72. The molecule has 9 atom stereocenters. The Morgan fingerprint density at radius 1 is 1.09 bits per heavy atom. The molecule has 2 aliphatic heterocycles. The van der Waals surface area contributed by atoms with Crippen LogP contribution in [0.25, 0.3) is 0 Å². The maximum Gasteiger partial charge on any atom is 0.311 e. The van der Waals surface area contributed by atoms with Crippen molar-refractivity contribution in [2.75, 3.05) is 32.7 Å². The second-order valence-electron chi connectivity index (χ2n) is 15.1. The number of methoxy groups -OCH3 is 1. The molecule has 3 heterocycles. The van der Waals surface area contributed by atoms with E-state index in [1.54, 1.807) is 49.5 Å². The number of phenols is 2. The first-order chi connectivity index (χ1) is 26.4. The predicted molar refractivity (Wildman–Crippen MR) is 204 cm³/mol. The fourth-order valence-corrected chi connectivity index (χ4v) is 8.51. The van der Waals surface area contributed by atoms with Gasteiger partial charge in [-0.1, -0.05) is 18.2 Å². The molecule has 9 unspecified atom stereocenters. The molecule has 0 bridgehead atoms. The van der Waals surface area contributed by atoms with Gasteiger partial charge in [-0.05, 0) is 99.0 Å². The lowest BCUT2D eigenvalue weighted by atomic mass is 9.59. The number of pyridine rings is 1. The molecular formula is C41H54N4O10. The number of piperidine rings is 1. The SMILES string of the molecule is COc1cc(C2CC(O)CC(CCc3ccc(O)c(OCNCC(C)O)c3)O2)cc(OCC2NC(C)CCC23C(C(=O)O)C=CC3c2ccnc(N)c2)c1O. The fourth-order valence-electron chi connectivity index (χ4n) is 8.51. The molecule has 2 saturated heterocycles. The Hall–Kier alpha value is -4.60. The highest BCUT2D eigenvalue weighted by molar-refractivity contribution is 5.75. The van der Waals surface area contributed by atoms with E-state index in [1.807, 2.05) is 18.2 Å². The molecule has 14 heteroatoms. The highest BCUT2D eigenvalue weighted by Gasteiger charge is 2.57. The van der Waals surface area contributed by atoms with Gasteiger partial charge < -0.3 is 55.5 Å². The molecule has 1 spiro atoms. The lowest BCUT2D eigenvalue weighted by Crippen LogP contribution is -2.60. The molecule has 0 radical (unpaired) electrons. The largest absolute Gasteiger partial charge is 0.504 e. The van der Waals surface area contributed by atoms with Crippen molar-refractivity contribution in [1.82, 2.24) is 15.6 Å². The van der Waals surface area contributed by atoms with Crippen LogP contribution in [0.5, 0.6) is 28.7 Å². The third kappa shape index (κ3) is 9.11. The number of carbonyl (C=O) groups is 1. The highest BCUT2D eigenvalue weighted by atomic mass is 16.5. The van der Waals surface area contributed by atoms with E-state index in [1.165, 1.54) is 7.11 Å². The number of hydrogen-bond acceptors (Lipinski definition) is 13. The van der Waals surface area contributed by atoms with Crippen LogP contribution in [0, 0.1) is 11.3 Å². The van der Waals surface area contributed by atoms with Crippen LogP contribution in [0.3, 0.4) is 0 Å². The Morgan fingerprint density at radius 3 is 2.64 bits per heavy atom. The van der Waals surface area contributed by atoms with Gasteiger partial charge in [0.2, 0.25) is 5.75 Å². The Bertz CT molecular complexity index is 1820. The third-order valence-electron chi connectivity index (χ3n) is 11.2. The standard InChI is InChI=1S/C41H54N4O10/c1-23-10-12-41(30(7-8-31(41)40(50)51)26-11-13-44-38(42)17-26)37(45-23)21-53-36-16-27(15-35(52-3)39(36)49)33-19-28(47)18-29(55-33)6-4-25-5-9-32(48)34(14-25)54-22-43-20-24(2)46/h5,7-9,11,13-17,23-24,28-31,33,37,43,45-49H,4,6,10,12,18-22H2,1-3H3,(H2,42,44)(H,50,51). The molecule has 1 aromatic heterocycles. The van der Waals surface area contributed by atoms with Crippen LogP contribution in [-0.4, -0.2) is 93.9 Å². The zero-order valence-corrected chi connectivity index (χ0v) is 31.6. The molecule has 1 aliphatic carbocycles. The number of aliphatic carboxylic acids is 1. The van der Waals surface area contributed by atoms with Crippen molar-refractivity contribution < 1.29 is 49.3 Å². The van der Waals surface area contributed by atoms with Crippen molar-refractivity contribution >= 4 is 11.8 Å². The van der Waals surface area contributed by atoms with E-state index in [9.17, 15) is 30.3 Å². The van der Waals surface area contributed by atoms with E-state index in [0.717, 1.165) is 17.5 Å². The molecular weight excluding hydrogens is 708 g/mol. The number of nitrogens with zero attached hydrogens (tertiary/aromatic N) is 1. The van der Waals surface area contributed by atoms with Gasteiger partial charge in [0, 0.05) is 42.6 Å². The lowest BCUT2D eigenvalue weighted by molar-refractivity contribution is -0.146. The number of aliphatic hydroxyl groups excluding tert-OH is 2. The number of aryl methyl sites for hydroxylation is 1. The second kappa shape index (κ2) is 17.5. The van der Waals surface area contributed by atoms with Crippen LogP contribution in [-0.2, 0) is 16.0 Å². The van der Waals surface area contributed by atoms with Gasteiger partial charge in [-0.15, -0.1) is 0 Å². The maximum absolute atomic E-state index is 12.8.